The molecule has 2 heterocycles. The molecule has 0 aromatic carbocycles. The largest absolute Gasteiger partial charge is 0.454 e. The van der Waals surface area contributed by atoms with Gasteiger partial charge in [0, 0.05) is 38.3 Å². The van der Waals surface area contributed by atoms with Crippen LogP contribution in [0.15, 0.2) is 16.5 Å². The van der Waals surface area contributed by atoms with Crippen LogP contribution in [0.2, 0.25) is 0 Å². The van der Waals surface area contributed by atoms with Crippen molar-refractivity contribution in [1.82, 2.24) is 16.0 Å². The molecule has 2 aliphatic rings. The van der Waals surface area contributed by atoms with E-state index in [1.807, 2.05) is 0 Å². The van der Waals surface area contributed by atoms with E-state index in [0.29, 0.717) is 18.2 Å². The molecule has 1 saturated heterocycles. The fourth-order valence-electron chi connectivity index (χ4n) is 3.78. The summed E-state index contributed by atoms with van der Waals surface area (Å²) in [6.45, 7) is 1.76. The van der Waals surface area contributed by atoms with Crippen LogP contribution < -0.4 is 16.0 Å². The number of furan rings is 1. The maximum absolute atomic E-state index is 12.4. The van der Waals surface area contributed by atoms with Crippen molar-refractivity contribution in [1.29, 1.82) is 0 Å². The lowest BCUT2D eigenvalue weighted by molar-refractivity contribution is -0.128. The number of amides is 2. The normalized spacial score (nSPS) is 26.5. The van der Waals surface area contributed by atoms with E-state index in [4.69, 9.17) is 9.15 Å². The van der Waals surface area contributed by atoms with Crippen molar-refractivity contribution in [3.63, 3.8) is 0 Å². The Bertz CT molecular complexity index is 641. The minimum Gasteiger partial charge on any atom is -0.454 e. The van der Waals surface area contributed by atoms with Gasteiger partial charge in [-0.2, -0.15) is 0 Å². The Kier molecular flexibility index (Phi) is 6.87. The highest BCUT2D eigenvalue weighted by Gasteiger charge is 2.34. The second-order valence-corrected chi connectivity index (χ2v) is 7.30. The predicted octanol–water partition coefficient (Wildman–Crippen LogP) is 0.554. The van der Waals surface area contributed by atoms with Gasteiger partial charge in [0.2, 0.25) is 5.91 Å². The van der Waals surface area contributed by atoms with Crippen molar-refractivity contribution in [2.75, 3.05) is 20.3 Å². The Morgan fingerprint density at radius 2 is 1.96 bits per heavy atom. The Balaban J connectivity index is 1.43. The monoisotopic (exact) mass is 379 g/mol. The van der Waals surface area contributed by atoms with E-state index in [1.165, 1.54) is 7.05 Å². The van der Waals surface area contributed by atoms with Gasteiger partial charge in [0.1, 0.15) is 5.76 Å². The SMILES string of the molecule is CNC(=O)c1ccc(CNC(=O)[C@H]2CC[C@H](NC3CCOCC3)[C@@H](O)C2)o1. The molecule has 2 amide bonds. The Morgan fingerprint density at radius 3 is 2.67 bits per heavy atom. The molecule has 3 rings (SSSR count). The summed E-state index contributed by atoms with van der Waals surface area (Å²) in [7, 11) is 1.53. The lowest BCUT2D eigenvalue weighted by Gasteiger charge is -2.36. The quantitative estimate of drug-likeness (QED) is 0.574. The summed E-state index contributed by atoms with van der Waals surface area (Å²) < 4.78 is 10.8. The zero-order chi connectivity index (χ0) is 19.2. The summed E-state index contributed by atoms with van der Waals surface area (Å²) in [5.74, 6) is 0.151. The first-order chi connectivity index (χ1) is 13.1. The van der Waals surface area contributed by atoms with Crippen LogP contribution in [0.25, 0.3) is 0 Å². The van der Waals surface area contributed by atoms with E-state index >= 15 is 0 Å². The zero-order valence-corrected chi connectivity index (χ0v) is 15.7. The van der Waals surface area contributed by atoms with Crippen molar-refractivity contribution in [2.24, 2.45) is 5.92 Å². The predicted molar refractivity (Wildman–Crippen MR) is 98.1 cm³/mol. The number of hydrogen-bond donors (Lipinski definition) is 4. The minimum atomic E-state index is -0.527. The van der Waals surface area contributed by atoms with Crippen molar-refractivity contribution in [3.05, 3.63) is 23.7 Å². The second-order valence-electron chi connectivity index (χ2n) is 7.30. The molecule has 1 saturated carbocycles. The Morgan fingerprint density at radius 1 is 1.19 bits per heavy atom. The molecular formula is C19H29N3O5. The summed E-state index contributed by atoms with van der Waals surface area (Å²) in [6, 6.07) is 3.68. The first-order valence-electron chi connectivity index (χ1n) is 9.67. The average Bonchev–Trinajstić information content (AvgIpc) is 3.17. The zero-order valence-electron chi connectivity index (χ0n) is 15.7. The number of nitrogens with one attached hydrogen (secondary N) is 3. The fraction of sp³-hybridized carbons (Fsp3) is 0.684. The van der Waals surface area contributed by atoms with E-state index in [9.17, 15) is 14.7 Å². The summed E-state index contributed by atoms with van der Waals surface area (Å²) >= 11 is 0. The number of hydrogen-bond acceptors (Lipinski definition) is 6. The topological polar surface area (TPSA) is 113 Å². The molecule has 8 nitrogen and oxygen atoms in total. The van der Waals surface area contributed by atoms with Gasteiger partial charge >= 0.3 is 0 Å². The second kappa shape index (κ2) is 9.34. The summed E-state index contributed by atoms with van der Waals surface area (Å²) in [5, 5.41) is 19.3. The van der Waals surface area contributed by atoms with Gasteiger partial charge in [-0.3, -0.25) is 9.59 Å². The van der Waals surface area contributed by atoms with Gasteiger partial charge in [0.15, 0.2) is 5.76 Å². The lowest BCUT2D eigenvalue weighted by Crippen LogP contribution is -2.51. The van der Waals surface area contributed by atoms with Crippen LogP contribution in [0, 0.1) is 5.92 Å². The van der Waals surface area contributed by atoms with Crippen molar-refractivity contribution in [3.8, 4) is 0 Å². The molecule has 0 radical (unpaired) electrons. The van der Waals surface area contributed by atoms with Gasteiger partial charge in [-0.1, -0.05) is 0 Å². The Labute approximate surface area is 159 Å². The van der Waals surface area contributed by atoms with Gasteiger partial charge < -0.3 is 30.2 Å². The van der Waals surface area contributed by atoms with Crippen LogP contribution in [0.3, 0.4) is 0 Å². The molecule has 0 spiro atoms. The molecule has 0 unspecified atom stereocenters. The van der Waals surface area contributed by atoms with E-state index in [-0.39, 0.29) is 36.1 Å². The van der Waals surface area contributed by atoms with Crippen LogP contribution in [0.5, 0.6) is 0 Å². The van der Waals surface area contributed by atoms with E-state index < -0.39 is 6.10 Å². The maximum atomic E-state index is 12.4. The molecule has 1 aromatic heterocycles. The standard InChI is InChI=1S/C19H29N3O5/c1-20-19(25)17-5-3-14(27-17)11-21-18(24)12-2-4-15(16(23)10-12)22-13-6-8-26-9-7-13/h3,5,12-13,15-16,22-23H,2,4,6-11H2,1H3,(H,20,25)(H,21,24)/t12-,15-,16-/m0/s1. The molecule has 3 atom stereocenters. The average molecular weight is 379 g/mol. The maximum Gasteiger partial charge on any atom is 0.286 e. The highest BCUT2D eigenvalue weighted by Crippen LogP contribution is 2.26. The molecule has 0 bridgehead atoms. The molecule has 8 heteroatoms. The number of carbonyl (C=O) groups is 2. The summed E-state index contributed by atoms with van der Waals surface area (Å²) in [5.41, 5.74) is 0. The van der Waals surface area contributed by atoms with Gasteiger partial charge in [-0.25, -0.2) is 0 Å². The number of carbonyl (C=O) groups excluding carboxylic acids is 2. The van der Waals surface area contributed by atoms with Crippen molar-refractivity contribution < 1.29 is 23.8 Å². The fourth-order valence-corrected chi connectivity index (χ4v) is 3.78. The molecular weight excluding hydrogens is 350 g/mol. The first-order valence-corrected chi connectivity index (χ1v) is 9.67. The van der Waals surface area contributed by atoms with Crippen LogP contribution >= 0.6 is 0 Å². The molecule has 150 valence electrons. The third-order valence-electron chi connectivity index (χ3n) is 5.41. The number of aliphatic hydroxyl groups is 1. The van der Waals surface area contributed by atoms with Crippen LogP contribution in [-0.2, 0) is 16.1 Å². The van der Waals surface area contributed by atoms with Crippen LogP contribution in [0.1, 0.15) is 48.4 Å². The lowest BCUT2D eigenvalue weighted by atomic mass is 9.82. The van der Waals surface area contributed by atoms with Crippen molar-refractivity contribution in [2.45, 2.75) is 56.8 Å². The molecule has 1 aliphatic heterocycles. The van der Waals surface area contributed by atoms with Gasteiger partial charge in [0.05, 0.1) is 12.6 Å². The number of ether oxygens (including phenoxy) is 1. The highest BCUT2D eigenvalue weighted by molar-refractivity contribution is 5.91. The first kappa shape index (κ1) is 19.9. The van der Waals surface area contributed by atoms with Gasteiger partial charge in [-0.05, 0) is 44.2 Å². The number of rotatable bonds is 6. The van der Waals surface area contributed by atoms with E-state index in [0.717, 1.165) is 38.9 Å². The molecule has 27 heavy (non-hydrogen) atoms. The molecule has 2 fully saturated rings. The van der Waals surface area contributed by atoms with Gasteiger partial charge in [-0.15, -0.1) is 0 Å². The summed E-state index contributed by atoms with van der Waals surface area (Å²) in [4.78, 5) is 23.9. The number of aliphatic hydroxyl groups excluding tert-OH is 1. The molecule has 1 aliphatic carbocycles. The smallest absolute Gasteiger partial charge is 0.286 e. The van der Waals surface area contributed by atoms with Crippen LogP contribution in [-0.4, -0.2) is 55.4 Å². The molecule has 4 N–H and O–H groups in total. The van der Waals surface area contributed by atoms with Crippen molar-refractivity contribution >= 4 is 11.8 Å². The summed E-state index contributed by atoms with van der Waals surface area (Å²) in [6.07, 6.45) is 3.38. The third-order valence-corrected chi connectivity index (χ3v) is 5.41. The third kappa shape index (κ3) is 5.31. The van der Waals surface area contributed by atoms with E-state index in [2.05, 4.69) is 16.0 Å². The highest BCUT2D eigenvalue weighted by atomic mass is 16.5. The van der Waals surface area contributed by atoms with Crippen LogP contribution in [0.4, 0.5) is 0 Å². The van der Waals surface area contributed by atoms with Gasteiger partial charge in [0.25, 0.3) is 5.91 Å². The minimum absolute atomic E-state index is 0.0392. The molecule has 1 aromatic rings. The Hall–Kier alpha value is -1.90. The van der Waals surface area contributed by atoms with E-state index in [1.54, 1.807) is 12.1 Å².